The lowest BCUT2D eigenvalue weighted by molar-refractivity contribution is -0.00176. The smallest absolute Gasteiger partial charge is 0.274 e. The van der Waals surface area contributed by atoms with Gasteiger partial charge in [0, 0.05) is 6.04 Å². The van der Waals surface area contributed by atoms with Gasteiger partial charge in [0.05, 0.1) is 11.8 Å². The van der Waals surface area contributed by atoms with Crippen molar-refractivity contribution in [2.75, 3.05) is 19.3 Å². The number of nitrogens with one attached hydrogen (secondary N) is 1. The largest absolute Gasteiger partial charge is 0.304 e. The number of hydrogen-bond donors (Lipinski definition) is 1. The van der Waals surface area contributed by atoms with Gasteiger partial charge in [-0.1, -0.05) is 11.9 Å². The number of hydrogen-bond acceptors (Lipinski definition) is 3. The van der Waals surface area contributed by atoms with Crippen LogP contribution in [0.3, 0.4) is 0 Å². The van der Waals surface area contributed by atoms with Crippen molar-refractivity contribution < 1.29 is 8.78 Å². The van der Waals surface area contributed by atoms with Gasteiger partial charge in [0.15, 0.2) is 0 Å². The Labute approximate surface area is 88.6 Å². The second-order valence-corrected chi connectivity index (χ2v) is 4.90. The van der Waals surface area contributed by atoms with Gasteiger partial charge in [0.25, 0.3) is 5.92 Å². The Morgan fingerprint density at radius 1 is 1.57 bits per heavy atom. The summed E-state index contributed by atoms with van der Waals surface area (Å²) in [5.41, 5.74) is 0. The molecular weight excluding hydrogens is 206 g/mol. The molecule has 1 aliphatic rings. The van der Waals surface area contributed by atoms with E-state index in [0.29, 0.717) is 19.0 Å². The lowest BCUT2D eigenvalue weighted by Gasteiger charge is -2.24. The second kappa shape index (κ2) is 4.77. The third-order valence-corrected chi connectivity index (χ3v) is 3.63. The zero-order valence-electron chi connectivity index (χ0n) is 8.89. The highest BCUT2D eigenvalue weighted by molar-refractivity contribution is 7.97. The maximum Gasteiger partial charge on any atom is 0.274 e. The fraction of sp³-hybridized carbons (Fsp3) is 1.00. The third kappa shape index (κ3) is 3.07. The molecule has 0 aliphatic carbocycles. The van der Waals surface area contributed by atoms with Gasteiger partial charge >= 0.3 is 0 Å². The van der Waals surface area contributed by atoms with E-state index in [0.717, 1.165) is 11.9 Å². The summed E-state index contributed by atoms with van der Waals surface area (Å²) in [6.45, 7) is 4.84. The lowest BCUT2D eigenvalue weighted by atomic mass is 10.1. The van der Waals surface area contributed by atoms with Gasteiger partial charge in [-0.05, 0) is 33.9 Å². The van der Waals surface area contributed by atoms with Gasteiger partial charge in [0.2, 0.25) is 0 Å². The monoisotopic (exact) mass is 224 g/mol. The molecule has 0 aromatic heterocycles. The Hall–Kier alpha value is 0.130. The average Bonchev–Trinajstić information content (AvgIpc) is 2.40. The van der Waals surface area contributed by atoms with E-state index in [9.17, 15) is 8.78 Å². The first-order valence-electron chi connectivity index (χ1n) is 4.89. The van der Waals surface area contributed by atoms with Crippen molar-refractivity contribution in [1.29, 1.82) is 0 Å². The van der Waals surface area contributed by atoms with Gasteiger partial charge < -0.3 is 4.90 Å². The van der Waals surface area contributed by atoms with E-state index in [4.69, 9.17) is 0 Å². The van der Waals surface area contributed by atoms with Crippen LogP contribution in [-0.4, -0.2) is 42.3 Å². The van der Waals surface area contributed by atoms with Gasteiger partial charge in [0.1, 0.15) is 0 Å². The van der Waals surface area contributed by atoms with Crippen molar-refractivity contribution in [1.82, 2.24) is 9.62 Å². The minimum Gasteiger partial charge on any atom is -0.304 e. The summed E-state index contributed by atoms with van der Waals surface area (Å²) in [5.74, 6) is -2.63. The molecule has 0 saturated carbocycles. The van der Waals surface area contributed by atoms with Crippen molar-refractivity contribution in [3.05, 3.63) is 0 Å². The van der Waals surface area contributed by atoms with Gasteiger partial charge in [-0.3, -0.25) is 4.72 Å². The minimum absolute atomic E-state index is 0.0942. The summed E-state index contributed by atoms with van der Waals surface area (Å²) in [7, 11) is 1.96. The molecule has 1 atom stereocenters. The van der Waals surface area contributed by atoms with Crippen LogP contribution in [0.5, 0.6) is 0 Å². The van der Waals surface area contributed by atoms with Crippen LogP contribution in [0.4, 0.5) is 8.78 Å². The molecule has 1 saturated heterocycles. The SMILES string of the molecule is CC(C)N(C)CCC1NSCC1(F)F. The molecule has 5 heteroatoms. The fourth-order valence-corrected chi connectivity index (χ4v) is 2.25. The normalized spacial score (nSPS) is 26.4. The Morgan fingerprint density at radius 3 is 2.64 bits per heavy atom. The average molecular weight is 224 g/mol. The fourth-order valence-electron chi connectivity index (χ4n) is 1.29. The van der Waals surface area contributed by atoms with E-state index < -0.39 is 12.0 Å². The van der Waals surface area contributed by atoms with E-state index in [1.165, 1.54) is 0 Å². The van der Waals surface area contributed by atoms with Crippen molar-refractivity contribution in [2.45, 2.75) is 38.3 Å². The summed E-state index contributed by atoms with van der Waals surface area (Å²) >= 11 is 1.13. The number of nitrogens with zero attached hydrogens (tertiary/aromatic N) is 1. The van der Waals surface area contributed by atoms with Crippen LogP contribution in [-0.2, 0) is 0 Å². The summed E-state index contributed by atoms with van der Waals surface area (Å²) in [4.78, 5) is 2.08. The zero-order chi connectivity index (χ0) is 10.8. The minimum atomic E-state index is -2.54. The molecule has 84 valence electrons. The maximum absolute atomic E-state index is 13.2. The van der Waals surface area contributed by atoms with Crippen LogP contribution in [0.15, 0.2) is 0 Å². The second-order valence-electron chi connectivity index (χ2n) is 4.08. The number of rotatable bonds is 4. The maximum atomic E-state index is 13.2. The first-order valence-corrected chi connectivity index (χ1v) is 5.87. The first-order chi connectivity index (χ1) is 6.43. The third-order valence-electron chi connectivity index (χ3n) is 2.65. The standard InChI is InChI=1S/C9H18F2N2S/c1-7(2)13(3)5-4-8-9(10,11)6-14-12-8/h7-8,12H,4-6H2,1-3H3. The number of alkyl halides is 2. The van der Waals surface area contributed by atoms with Crippen LogP contribution in [0, 0.1) is 0 Å². The highest BCUT2D eigenvalue weighted by atomic mass is 32.2. The van der Waals surface area contributed by atoms with Crippen molar-refractivity contribution in [2.24, 2.45) is 0 Å². The molecule has 1 aliphatic heterocycles. The van der Waals surface area contributed by atoms with Crippen molar-refractivity contribution in [3.63, 3.8) is 0 Å². The molecule has 0 radical (unpaired) electrons. The molecule has 1 unspecified atom stereocenters. The predicted octanol–water partition coefficient (Wildman–Crippen LogP) is 1.97. The molecule has 0 bridgehead atoms. The Balaban J connectivity index is 2.31. The van der Waals surface area contributed by atoms with E-state index in [-0.39, 0.29) is 5.75 Å². The zero-order valence-corrected chi connectivity index (χ0v) is 9.70. The highest BCUT2D eigenvalue weighted by Crippen LogP contribution is 2.32. The van der Waals surface area contributed by atoms with Gasteiger partial charge in [-0.2, -0.15) is 0 Å². The summed E-state index contributed by atoms with van der Waals surface area (Å²) in [6, 6.07) is -0.244. The van der Waals surface area contributed by atoms with Gasteiger partial charge in [-0.25, -0.2) is 8.78 Å². The van der Waals surface area contributed by atoms with E-state index in [1.807, 2.05) is 7.05 Å². The molecule has 0 amide bonds. The molecule has 2 nitrogen and oxygen atoms in total. The molecule has 1 fully saturated rings. The topological polar surface area (TPSA) is 15.3 Å². The molecule has 14 heavy (non-hydrogen) atoms. The Bertz CT molecular complexity index is 188. The number of halogens is 2. The van der Waals surface area contributed by atoms with Gasteiger partial charge in [-0.15, -0.1) is 0 Å². The quantitative estimate of drug-likeness (QED) is 0.735. The van der Waals surface area contributed by atoms with Crippen LogP contribution in [0.2, 0.25) is 0 Å². The molecule has 0 spiro atoms. The predicted molar refractivity (Wildman–Crippen MR) is 56.7 cm³/mol. The van der Waals surface area contributed by atoms with Crippen molar-refractivity contribution >= 4 is 11.9 Å². The molecule has 1 N–H and O–H groups in total. The Morgan fingerprint density at radius 2 is 2.21 bits per heavy atom. The summed E-state index contributed by atoms with van der Waals surface area (Å²) in [6.07, 6.45) is 0.509. The molecule has 1 heterocycles. The van der Waals surface area contributed by atoms with Crippen molar-refractivity contribution in [3.8, 4) is 0 Å². The first kappa shape index (κ1) is 12.2. The van der Waals surface area contributed by atoms with E-state index in [1.54, 1.807) is 0 Å². The van der Waals surface area contributed by atoms with Crippen LogP contribution >= 0.6 is 11.9 Å². The van der Waals surface area contributed by atoms with Crippen LogP contribution < -0.4 is 4.72 Å². The molecule has 1 rings (SSSR count). The highest BCUT2D eigenvalue weighted by Gasteiger charge is 2.44. The lowest BCUT2D eigenvalue weighted by Crippen LogP contribution is -2.40. The Kier molecular flexibility index (Phi) is 4.15. The molecule has 0 aromatic rings. The van der Waals surface area contributed by atoms with Crippen LogP contribution in [0.1, 0.15) is 20.3 Å². The van der Waals surface area contributed by atoms with E-state index >= 15 is 0 Å². The summed E-state index contributed by atoms with van der Waals surface area (Å²) in [5, 5.41) is 0. The molecule has 0 aromatic carbocycles. The summed E-state index contributed by atoms with van der Waals surface area (Å²) < 4.78 is 29.1. The molecular formula is C9H18F2N2S. The van der Waals surface area contributed by atoms with E-state index in [2.05, 4.69) is 23.5 Å². The van der Waals surface area contributed by atoms with Crippen LogP contribution in [0.25, 0.3) is 0 Å².